The lowest BCUT2D eigenvalue weighted by atomic mass is 9.91. The number of rotatable bonds is 7. The predicted molar refractivity (Wildman–Crippen MR) is 95.8 cm³/mol. The van der Waals surface area contributed by atoms with Gasteiger partial charge < -0.3 is 20.1 Å². The number of hydrogen-bond acceptors (Lipinski definition) is 4. The lowest BCUT2D eigenvalue weighted by Gasteiger charge is -2.20. The van der Waals surface area contributed by atoms with E-state index in [0.29, 0.717) is 6.54 Å². The van der Waals surface area contributed by atoms with Crippen LogP contribution in [-0.2, 0) is 6.42 Å². The molecule has 23 heavy (non-hydrogen) atoms. The molecule has 4 nitrogen and oxygen atoms in total. The number of nitrogens with two attached hydrogens (primary N) is 1. The Hall–Kier alpha value is -2.20. The molecule has 1 unspecified atom stereocenters. The molecule has 0 aromatic heterocycles. The Morgan fingerprint density at radius 2 is 1.83 bits per heavy atom. The fraction of sp³-hybridized carbons (Fsp3) is 0.368. The van der Waals surface area contributed by atoms with Gasteiger partial charge in [0.1, 0.15) is 11.5 Å². The summed E-state index contributed by atoms with van der Waals surface area (Å²) in [6.45, 7) is 0.581. The van der Waals surface area contributed by atoms with Crippen molar-refractivity contribution in [2.75, 3.05) is 39.8 Å². The van der Waals surface area contributed by atoms with E-state index in [1.165, 1.54) is 11.3 Å². The molecule has 0 aliphatic heterocycles. The summed E-state index contributed by atoms with van der Waals surface area (Å²) in [4.78, 5) is 2.10. The molecule has 0 amide bonds. The van der Waals surface area contributed by atoms with Gasteiger partial charge in [-0.1, -0.05) is 12.1 Å². The van der Waals surface area contributed by atoms with E-state index >= 15 is 0 Å². The highest BCUT2D eigenvalue weighted by atomic mass is 16.5. The number of anilines is 1. The van der Waals surface area contributed by atoms with Crippen molar-refractivity contribution < 1.29 is 9.47 Å². The molecule has 2 aromatic rings. The molecule has 0 radical (unpaired) electrons. The van der Waals surface area contributed by atoms with Gasteiger partial charge >= 0.3 is 0 Å². The molecule has 2 N–H and O–H groups in total. The molecule has 124 valence electrons. The van der Waals surface area contributed by atoms with Crippen LogP contribution in [0.1, 0.15) is 17.0 Å². The minimum absolute atomic E-state index is 0.232. The molecular formula is C19H26N2O2. The van der Waals surface area contributed by atoms with Crippen molar-refractivity contribution in [2.24, 2.45) is 5.73 Å². The third kappa shape index (κ3) is 4.17. The molecule has 0 spiro atoms. The van der Waals surface area contributed by atoms with Gasteiger partial charge in [0.2, 0.25) is 0 Å². The maximum atomic E-state index is 6.06. The van der Waals surface area contributed by atoms with E-state index in [9.17, 15) is 0 Å². The average Bonchev–Trinajstić information content (AvgIpc) is 2.59. The molecule has 0 aliphatic rings. The van der Waals surface area contributed by atoms with Crippen LogP contribution in [0, 0.1) is 0 Å². The molecule has 0 aliphatic carbocycles. The normalized spacial score (nSPS) is 11.9. The highest BCUT2D eigenvalue weighted by molar-refractivity contribution is 5.49. The Morgan fingerprint density at radius 1 is 1.04 bits per heavy atom. The summed E-state index contributed by atoms with van der Waals surface area (Å²) in [5.74, 6) is 1.93. The summed E-state index contributed by atoms with van der Waals surface area (Å²) in [6, 6.07) is 14.4. The van der Waals surface area contributed by atoms with Crippen LogP contribution >= 0.6 is 0 Å². The van der Waals surface area contributed by atoms with Crippen LogP contribution in [0.5, 0.6) is 11.5 Å². The second-order valence-electron chi connectivity index (χ2n) is 5.80. The van der Waals surface area contributed by atoms with Gasteiger partial charge in [0.05, 0.1) is 14.2 Å². The van der Waals surface area contributed by atoms with Crippen LogP contribution in [0.3, 0.4) is 0 Å². The minimum atomic E-state index is 0.232. The van der Waals surface area contributed by atoms with Crippen molar-refractivity contribution >= 4 is 5.69 Å². The number of methoxy groups -OCH3 is 2. The molecule has 2 aromatic carbocycles. The summed E-state index contributed by atoms with van der Waals surface area (Å²) in [6.07, 6.45) is 0.813. The first kappa shape index (κ1) is 17.2. The monoisotopic (exact) mass is 314 g/mol. The Bertz CT molecular complexity index is 641. The summed E-state index contributed by atoms with van der Waals surface area (Å²) >= 11 is 0. The summed E-state index contributed by atoms with van der Waals surface area (Å²) in [7, 11) is 7.45. The van der Waals surface area contributed by atoms with Crippen molar-refractivity contribution in [3.05, 3.63) is 53.6 Å². The number of ether oxygens (including phenoxy) is 2. The van der Waals surface area contributed by atoms with Crippen LogP contribution in [-0.4, -0.2) is 34.9 Å². The Kier molecular flexibility index (Phi) is 5.88. The van der Waals surface area contributed by atoms with Crippen molar-refractivity contribution in [3.63, 3.8) is 0 Å². The van der Waals surface area contributed by atoms with Gasteiger partial charge in [-0.05, 0) is 54.4 Å². The van der Waals surface area contributed by atoms with E-state index in [-0.39, 0.29) is 5.92 Å². The topological polar surface area (TPSA) is 47.7 Å². The lowest BCUT2D eigenvalue weighted by Crippen LogP contribution is -2.16. The van der Waals surface area contributed by atoms with E-state index in [1.54, 1.807) is 14.2 Å². The fourth-order valence-corrected chi connectivity index (χ4v) is 2.70. The largest absolute Gasteiger partial charge is 0.497 e. The molecule has 0 fully saturated rings. The van der Waals surface area contributed by atoms with Crippen molar-refractivity contribution in [1.82, 2.24) is 0 Å². The maximum absolute atomic E-state index is 6.06. The number of nitrogens with zero attached hydrogens (tertiary/aromatic N) is 1. The van der Waals surface area contributed by atoms with Gasteiger partial charge in [-0.15, -0.1) is 0 Å². The lowest BCUT2D eigenvalue weighted by molar-refractivity contribution is 0.397. The van der Waals surface area contributed by atoms with E-state index in [0.717, 1.165) is 23.5 Å². The molecule has 0 saturated carbocycles. The number of hydrogen-bond donors (Lipinski definition) is 1. The van der Waals surface area contributed by atoms with Crippen molar-refractivity contribution in [1.29, 1.82) is 0 Å². The van der Waals surface area contributed by atoms with Crippen LogP contribution in [0.2, 0.25) is 0 Å². The summed E-state index contributed by atoms with van der Waals surface area (Å²) in [5, 5.41) is 0. The van der Waals surface area contributed by atoms with Crippen LogP contribution < -0.4 is 20.1 Å². The van der Waals surface area contributed by atoms with E-state index < -0.39 is 0 Å². The van der Waals surface area contributed by atoms with Crippen molar-refractivity contribution in [2.45, 2.75) is 12.3 Å². The van der Waals surface area contributed by atoms with Crippen LogP contribution in [0.4, 0.5) is 5.69 Å². The van der Waals surface area contributed by atoms with Crippen LogP contribution in [0.15, 0.2) is 42.5 Å². The molecule has 4 heteroatoms. The second kappa shape index (κ2) is 7.88. The van der Waals surface area contributed by atoms with Gasteiger partial charge in [0, 0.05) is 25.7 Å². The average molecular weight is 314 g/mol. The van der Waals surface area contributed by atoms with Gasteiger partial charge in [-0.3, -0.25) is 0 Å². The second-order valence-corrected chi connectivity index (χ2v) is 5.80. The molecule has 2 rings (SSSR count). The molecule has 1 atom stereocenters. The smallest absolute Gasteiger partial charge is 0.122 e. The highest BCUT2D eigenvalue weighted by Gasteiger charge is 2.15. The van der Waals surface area contributed by atoms with E-state index in [1.807, 2.05) is 32.3 Å². The van der Waals surface area contributed by atoms with Crippen LogP contribution in [0.25, 0.3) is 0 Å². The van der Waals surface area contributed by atoms with E-state index in [2.05, 4.69) is 29.2 Å². The predicted octanol–water partition coefficient (Wildman–Crippen LogP) is 3.05. The first-order chi connectivity index (χ1) is 11.1. The highest BCUT2D eigenvalue weighted by Crippen LogP contribution is 2.30. The molecule has 0 saturated heterocycles. The quantitative estimate of drug-likeness (QED) is 0.853. The Balaban J connectivity index is 2.30. The first-order valence-corrected chi connectivity index (χ1v) is 7.77. The Morgan fingerprint density at radius 3 is 2.43 bits per heavy atom. The molecule has 0 bridgehead atoms. The van der Waals surface area contributed by atoms with Crippen molar-refractivity contribution in [3.8, 4) is 11.5 Å². The zero-order valence-corrected chi connectivity index (χ0v) is 14.4. The molecular weight excluding hydrogens is 288 g/mol. The summed E-state index contributed by atoms with van der Waals surface area (Å²) in [5.41, 5.74) is 9.58. The van der Waals surface area contributed by atoms with Gasteiger partial charge in [-0.25, -0.2) is 0 Å². The summed E-state index contributed by atoms with van der Waals surface area (Å²) < 4.78 is 10.8. The van der Waals surface area contributed by atoms with Gasteiger partial charge in [0.25, 0.3) is 0 Å². The zero-order chi connectivity index (χ0) is 16.8. The van der Waals surface area contributed by atoms with Gasteiger partial charge in [0.15, 0.2) is 0 Å². The molecule has 0 heterocycles. The third-order valence-electron chi connectivity index (χ3n) is 4.10. The SMILES string of the molecule is COc1ccc(OC)c(CC(CN)c2cccc(N(C)C)c2)c1. The van der Waals surface area contributed by atoms with Gasteiger partial charge in [-0.2, -0.15) is 0 Å². The minimum Gasteiger partial charge on any atom is -0.497 e. The number of benzene rings is 2. The maximum Gasteiger partial charge on any atom is 0.122 e. The zero-order valence-electron chi connectivity index (χ0n) is 14.4. The third-order valence-corrected chi connectivity index (χ3v) is 4.10. The van der Waals surface area contributed by atoms with E-state index in [4.69, 9.17) is 15.2 Å². The fourth-order valence-electron chi connectivity index (χ4n) is 2.70. The Labute approximate surface area is 138 Å². The first-order valence-electron chi connectivity index (χ1n) is 7.77. The standard InChI is InChI=1S/C19H26N2O2/c1-21(2)17-7-5-6-14(11-17)16(13-20)10-15-12-18(22-3)8-9-19(15)23-4/h5-9,11-12,16H,10,13,20H2,1-4H3.